The van der Waals surface area contributed by atoms with Gasteiger partial charge in [-0.05, 0) is 37.5 Å². The molecule has 20 heavy (non-hydrogen) atoms. The van der Waals surface area contributed by atoms with Gasteiger partial charge in [0.1, 0.15) is 5.82 Å². The number of Topliss-reactive ketones (excluding diaryl/α,β-unsaturated/α-hetero) is 1. The van der Waals surface area contributed by atoms with Crippen LogP contribution in [0.15, 0.2) is 18.2 Å². The van der Waals surface area contributed by atoms with Crippen molar-refractivity contribution in [2.75, 3.05) is 6.61 Å². The summed E-state index contributed by atoms with van der Waals surface area (Å²) in [5.74, 6) is -1.55. The van der Waals surface area contributed by atoms with Crippen molar-refractivity contribution in [1.29, 1.82) is 0 Å². The first-order valence-corrected chi connectivity index (χ1v) is 6.39. The fraction of sp³-hybridized carbons (Fsp3) is 0.500. The highest BCUT2D eigenvalue weighted by Crippen LogP contribution is 2.33. The Morgan fingerprint density at radius 1 is 1.35 bits per heavy atom. The Morgan fingerprint density at radius 3 is 2.70 bits per heavy atom. The summed E-state index contributed by atoms with van der Waals surface area (Å²) in [7, 11) is 0. The molecular formula is C14H14F4O2. The molecule has 0 radical (unpaired) electrons. The molecule has 6 heteroatoms. The molecule has 0 N–H and O–H groups in total. The zero-order valence-electron chi connectivity index (χ0n) is 10.7. The van der Waals surface area contributed by atoms with Gasteiger partial charge in [-0.2, -0.15) is 13.2 Å². The van der Waals surface area contributed by atoms with Gasteiger partial charge < -0.3 is 4.74 Å². The number of alkyl halides is 3. The fourth-order valence-corrected chi connectivity index (χ4v) is 2.29. The molecule has 1 aliphatic heterocycles. The van der Waals surface area contributed by atoms with Gasteiger partial charge in [-0.25, -0.2) is 4.39 Å². The summed E-state index contributed by atoms with van der Waals surface area (Å²) in [4.78, 5) is 11.9. The summed E-state index contributed by atoms with van der Waals surface area (Å²) < 4.78 is 56.8. The van der Waals surface area contributed by atoms with E-state index in [2.05, 4.69) is 0 Å². The first kappa shape index (κ1) is 15.0. The van der Waals surface area contributed by atoms with Crippen molar-refractivity contribution in [3.05, 3.63) is 35.1 Å². The van der Waals surface area contributed by atoms with Gasteiger partial charge in [0.2, 0.25) is 0 Å². The second kappa shape index (κ2) is 5.91. The van der Waals surface area contributed by atoms with E-state index in [1.54, 1.807) is 0 Å². The van der Waals surface area contributed by atoms with Crippen LogP contribution in [0.4, 0.5) is 17.6 Å². The maximum atomic E-state index is 13.1. The summed E-state index contributed by atoms with van der Waals surface area (Å²) in [5.41, 5.74) is -1.69. The number of halogens is 4. The van der Waals surface area contributed by atoms with Crippen LogP contribution in [0.25, 0.3) is 0 Å². The molecule has 1 fully saturated rings. The van der Waals surface area contributed by atoms with E-state index in [0.29, 0.717) is 31.2 Å². The van der Waals surface area contributed by atoms with E-state index in [0.717, 1.165) is 12.8 Å². The highest BCUT2D eigenvalue weighted by molar-refractivity contribution is 5.97. The Hall–Kier alpha value is -1.43. The number of ether oxygens (including phenoxy) is 1. The van der Waals surface area contributed by atoms with Crippen LogP contribution >= 0.6 is 0 Å². The van der Waals surface area contributed by atoms with Crippen molar-refractivity contribution in [2.45, 2.75) is 38.0 Å². The predicted molar refractivity (Wildman–Crippen MR) is 63.9 cm³/mol. The molecule has 0 amide bonds. The Balaban J connectivity index is 2.13. The lowest BCUT2D eigenvalue weighted by atomic mass is 9.98. The van der Waals surface area contributed by atoms with Crippen LogP contribution < -0.4 is 0 Å². The summed E-state index contributed by atoms with van der Waals surface area (Å²) in [6.07, 6.45) is -2.75. The van der Waals surface area contributed by atoms with E-state index >= 15 is 0 Å². The molecule has 1 atom stereocenters. The van der Waals surface area contributed by atoms with Crippen LogP contribution in [0.5, 0.6) is 0 Å². The number of ketones is 1. The number of carbonyl (C=O) groups is 1. The van der Waals surface area contributed by atoms with Crippen molar-refractivity contribution >= 4 is 5.78 Å². The molecule has 1 aromatic carbocycles. The van der Waals surface area contributed by atoms with Gasteiger partial charge >= 0.3 is 6.18 Å². The Bertz CT molecular complexity index is 490. The first-order chi connectivity index (χ1) is 9.38. The zero-order chi connectivity index (χ0) is 14.8. The van der Waals surface area contributed by atoms with Crippen molar-refractivity contribution < 1.29 is 27.1 Å². The maximum Gasteiger partial charge on any atom is 0.417 e. The second-order valence-corrected chi connectivity index (χ2v) is 4.78. The fourth-order valence-electron chi connectivity index (χ4n) is 2.29. The molecule has 0 bridgehead atoms. The highest BCUT2D eigenvalue weighted by atomic mass is 19.4. The van der Waals surface area contributed by atoms with Gasteiger partial charge in [-0.15, -0.1) is 0 Å². The van der Waals surface area contributed by atoms with Crippen LogP contribution in [0.3, 0.4) is 0 Å². The van der Waals surface area contributed by atoms with Gasteiger partial charge in [-0.3, -0.25) is 4.79 Å². The molecule has 2 nitrogen and oxygen atoms in total. The van der Waals surface area contributed by atoms with Gasteiger partial charge in [0, 0.05) is 18.6 Å². The molecule has 2 rings (SSSR count). The first-order valence-electron chi connectivity index (χ1n) is 6.39. The van der Waals surface area contributed by atoms with Gasteiger partial charge in [0.15, 0.2) is 5.78 Å². The molecular weight excluding hydrogens is 276 g/mol. The molecule has 0 aliphatic carbocycles. The summed E-state index contributed by atoms with van der Waals surface area (Å²) >= 11 is 0. The number of carbonyl (C=O) groups excluding carboxylic acids is 1. The lowest BCUT2D eigenvalue weighted by molar-refractivity contribution is -0.137. The summed E-state index contributed by atoms with van der Waals surface area (Å²) in [6, 6.07) is 1.97. The zero-order valence-corrected chi connectivity index (χ0v) is 10.7. The minimum absolute atomic E-state index is 0.0722. The smallest absolute Gasteiger partial charge is 0.378 e. The second-order valence-electron chi connectivity index (χ2n) is 4.78. The van der Waals surface area contributed by atoms with Crippen molar-refractivity contribution in [3.63, 3.8) is 0 Å². The minimum Gasteiger partial charge on any atom is -0.378 e. The van der Waals surface area contributed by atoms with Crippen LogP contribution in [-0.2, 0) is 10.9 Å². The summed E-state index contributed by atoms with van der Waals surface area (Å²) in [6.45, 7) is 0.618. The molecule has 1 aliphatic rings. The minimum atomic E-state index is -4.66. The number of hydrogen-bond acceptors (Lipinski definition) is 2. The molecule has 0 aromatic heterocycles. The number of rotatable bonds is 4. The lowest BCUT2D eigenvalue weighted by Crippen LogP contribution is -2.15. The van der Waals surface area contributed by atoms with Gasteiger partial charge in [-0.1, -0.05) is 0 Å². The number of hydrogen-bond donors (Lipinski definition) is 0. The van der Waals surface area contributed by atoms with Crippen LogP contribution in [0, 0.1) is 5.82 Å². The average Bonchev–Trinajstić information content (AvgIpc) is 2.87. The molecule has 1 unspecified atom stereocenters. The average molecular weight is 290 g/mol. The standard InChI is InChI=1S/C14H14F4O2/c15-9-3-5-12(14(16,17)18)11(8-9)13(19)6-4-10-2-1-7-20-10/h3,5,8,10H,1-2,4,6-7H2. The SMILES string of the molecule is O=C(CCC1CCCO1)c1cc(F)ccc1C(F)(F)F. The van der Waals surface area contributed by atoms with Crippen molar-refractivity contribution in [2.24, 2.45) is 0 Å². The quantitative estimate of drug-likeness (QED) is 0.619. The monoisotopic (exact) mass is 290 g/mol. The van der Waals surface area contributed by atoms with Crippen LogP contribution in [-0.4, -0.2) is 18.5 Å². The molecule has 0 saturated carbocycles. The third-order valence-corrected chi connectivity index (χ3v) is 3.30. The van der Waals surface area contributed by atoms with E-state index in [-0.39, 0.29) is 12.5 Å². The molecule has 1 heterocycles. The Morgan fingerprint density at radius 2 is 2.10 bits per heavy atom. The number of benzene rings is 1. The molecule has 1 saturated heterocycles. The summed E-state index contributed by atoms with van der Waals surface area (Å²) in [5, 5.41) is 0. The van der Waals surface area contributed by atoms with Crippen LogP contribution in [0.2, 0.25) is 0 Å². The van der Waals surface area contributed by atoms with Crippen molar-refractivity contribution in [1.82, 2.24) is 0 Å². The predicted octanol–water partition coefficient (Wildman–Crippen LogP) is 3.99. The third-order valence-electron chi connectivity index (χ3n) is 3.30. The lowest BCUT2D eigenvalue weighted by Gasteiger charge is -2.13. The van der Waals surface area contributed by atoms with Gasteiger partial charge in [0.05, 0.1) is 11.7 Å². The van der Waals surface area contributed by atoms with E-state index in [4.69, 9.17) is 4.74 Å². The van der Waals surface area contributed by atoms with E-state index in [1.807, 2.05) is 0 Å². The van der Waals surface area contributed by atoms with Gasteiger partial charge in [0.25, 0.3) is 0 Å². The van der Waals surface area contributed by atoms with E-state index < -0.39 is 28.9 Å². The van der Waals surface area contributed by atoms with Crippen LogP contribution in [0.1, 0.15) is 41.6 Å². The Kier molecular flexibility index (Phi) is 4.42. The van der Waals surface area contributed by atoms with E-state index in [1.165, 1.54) is 0 Å². The van der Waals surface area contributed by atoms with Crippen molar-refractivity contribution in [3.8, 4) is 0 Å². The normalized spacial score (nSPS) is 19.3. The molecule has 1 aromatic rings. The maximum absolute atomic E-state index is 13.1. The highest BCUT2D eigenvalue weighted by Gasteiger charge is 2.35. The Labute approximate surface area is 113 Å². The van der Waals surface area contributed by atoms with E-state index in [9.17, 15) is 22.4 Å². The molecule has 110 valence electrons. The molecule has 0 spiro atoms. The topological polar surface area (TPSA) is 26.3 Å². The largest absolute Gasteiger partial charge is 0.417 e. The third kappa shape index (κ3) is 3.56.